The number of carboxylic acid groups (broad SMARTS) is 1. The van der Waals surface area contributed by atoms with Gasteiger partial charge in [-0.15, -0.1) is 0 Å². The number of hydrogen-bond acceptors (Lipinski definition) is 1. The minimum atomic E-state index is -1.09. The molecule has 82 valence electrons. The van der Waals surface area contributed by atoms with Gasteiger partial charge in [0.25, 0.3) is 0 Å². The Balaban J connectivity index is 2.95. The Morgan fingerprint density at radius 3 is 2.31 bits per heavy atom. The van der Waals surface area contributed by atoms with Crippen LogP contribution in [0.2, 0.25) is 15.1 Å². The van der Waals surface area contributed by atoms with Crippen molar-refractivity contribution < 1.29 is 9.90 Å². The Morgan fingerprint density at radius 2 is 1.69 bits per heavy atom. The summed E-state index contributed by atoms with van der Waals surface area (Å²) in [7, 11) is 0. The lowest BCUT2D eigenvalue weighted by Crippen LogP contribution is -1.99. The fourth-order valence-electron chi connectivity index (χ4n) is 1.54. The van der Waals surface area contributed by atoms with Crippen molar-refractivity contribution in [1.29, 1.82) is 0 Å². The molecule has 0 bridgehead atoms. The largest absolute Gasteiger partial charge is 0.478 e. The van der Waals surface area contributed by atoms with Crippen LogP contribution in [0.15, 0.2) is 24.3 Å². The molecule has 1 N–H and O–H groups in total. The van der Waals surface area contributed by atoms with Gasteiger partial charge in [-0.2, -0.15) is 0 Å². The summed E-state index contributed by atoms with van der Waals surface area (Å²) in [5.41, 5.74) is 0.0396. The maximum Gasteiger partial charge on any atom is 0.337 e. The second-order valence-electron chi connectivity index (χ2n) is 3.21. The number of rotatable bonds is 1. The fourth-order valence-corrected chi connectivity index (χ4v) is 2.32. The monoisotopic (exact) mass is 274 g/mol. The second kappa shape index (κ2) is 4.13. The summed E-state index contributed by atoms with van der Waals surface area (Å²) in [5, 5.41) is 11.1. The topological polar surface area (TPSA) is 37.3 Å². The maximum absolute atomic E-state index is 11.1. The molecule has 0 unspecified atom stereocenters. The highest BCUT2D eigenvalue weighted by Crippen LogP contribution is 2.34. The summed E-state index contributed by atoms with van der Waals surface area (Å²) in [6.45, 7) is 0. The first-order valence-electron chi connectivity index (χ1n) is 4.31. The first kappa shape index (κ1) is 11.5. The molecule has 0 radical (unpaired) electrons. The molecule has 2 aromatic rings. The molecule has 2 nitrogen and oxygen atoms in total. The number of aromatic carboxylic acids is 1. The molecule has 2 aromatic carbocycles. The van der Waals surface area contributed by atoms with Crippen LogP contribution < -0.4 is 0 Å². The van der Waals surface area contributed by atoms with E-state index in [2.05, 4.69) is 0 Å². The number of benzene rings is 2. The molecule has 0 saturated heterocycles. The summed E-state index contributed by atoms with van der Waals surface area (Å²) in [6.07, 6.45) is 0. The van der Waals surface area contributed by atoms with Crippen LogP contribution in [0.5, 0.6) is 0 Å². The standard InChI is InChI=1S/C11H5Cl3O2/c12-5-1-2-6-7(3-5)8(13)4-9(14)10(6)11(15)16/h1-4H,(H,15,16). The first-order chi connectivity index (χ1) is 7.50. The van der Waals surface area contributed by atoms with Crippen molar-refractivity contribution in [2.75, 3.05) is 0 Å². The molecule has 0 aliphatic heterocycles. The Bertz CT molecular complexity index is 593. The van der Waals surface area contributed by atoms with Crippen LogP contribution in [0.25, 0.3) is 10.8 Å². The molecular formula is C11H5Cl3O2. The van der Waals surface area contributed by atoms with Gasteiger partial charge in [-0.25, -0.2) is 4.79 Å². The molecule has 0 aliphatic carbocycles. The summed E-state index contributed by atoms with van der Waals surface area (Å²) in [4.78, 5) is 11.1. The summed E-state index contributed by atoms with van der Waals surface area (Å²) in [5.74, 6) is -1.09. The third kappa shape index (κ3) is 1.84. The number of halogens is 3. The number of carboxylic acids is 1. The third-order valence-electron chi connectivity index (χ3n) is 2.21. The first-order valence-corrected chi connectivity index (χ1v) is 5.44. The van der Waals surface area contributed by atoms with E-state index in [1.807, 2.05) is 0 Å². The summed E-state index contributed by atoms with van der Waals surface area (Å²) < 4.78 is 0. The van der Waals surface area contributed by atoms with Crippen molar-refractivity contribution in [3.63, 3.8) is 0 Å². The fraction of sp³-hybridized carbons (Fsp3) is 0. The lowest BCUT2D eigenvalue weighted by molar-refractivity contribution is 0.0699. The molecule has 0 spiro atoms. The normalized spacial score (nSPS) is 10.7. The lowest BCUT2D eigenvalue weighted by Gasteiger charge is -2.07. The summed E-state index contributed by atoms with van der Waals surface area (Å²) in [6, 6.07) is 6.22. The lowest BCUT2D eigenvalue weighted by atomic mass is 10.0. The predicted octanol–water partition coefficient (Wildman–Crippen LogP) is 4.50. The van der Waals surface area contributed by atoms with Gasteiger partial charge < -0.3 is 5.11 Å². The summed E-state index contributed by atoms with van der Waals surface area (Å²) >= 11 is 17.6. The SMILES string of the molecule is O=C(O)c1c(Cl)cc(Cl)c2cc(Cl)ccc12. The third-order valence-corrected chi connectivity index (χ3v) is 3.06. The average molecular weight is 276 g/mol. The van der Waals surface area contributed by atoms with Gasteiger partial charge in [0.2, 0.25) is 0 Å². The zero-order valence-corrected chi connectivity index (χ0v) is 10.1. The van der Waals surface area contributed by atoms with Crippen molar-refractivity contribution in [3.05, 3.63) is 44.9 Å². The van der Waals surface area contributed by atoms with E-state index < -0.39 is 5.97 Å². The van der Waals surface area contributed by atoms with Gasteiger partial charge in [-0.1, -0.05) is 40.9 Å². The zero-order chi connectivity index (χ0) is 11.9. The highest BCUT2D eigenvalue weighted by molar-refractivity contribution is 6.41. The Kier molecular flexibility index (Phi) is 2.98. The smallest absolute Gasteiger partial charge is 0.337 e. The number of carbonyl (C=O) groups is 1. The Hall–Kier alpha value is -0.960. The van der Waals surface area contributed by atoms with Gasteiger partial charge in [-0.3, -0.25) is 0 Å². The molecule has 0 aliphatic rings. The predicted molar refractivity (Wildman–Crippen MR) is 65.9 cm³/mol. The highest BCUT2D eigenvalue weighted by atomic mass is 35.5. The van der Waals surface area contributed by atoms with E-state index in [1.165, 1.54) is 6.07 Å². The van der Waals surface area contributed by atoms with E-state index in [0.29, 0.717) is 20.8 Å². The zero-order valence-electron chi connectivity index (χ0n) is 7.80. The number of hydrogen-bond donors (Lipinski definition) is 1. The van der Waals surface area contributed by atoms with Gasteiger partial charge in [0, 0.05) is 15.4 Å². The van der Waals surface area contributed by atoms with Gasteiger partial charge in [-0.05, 0) is 23.6 Å². The molecule has 0 amide bonds. The molecule has 0 saturated carbocycles. The van der Waals surface area contributed by atoms with Crippen molar-refractivity contribution in [2.45, 2.75) is 0 Å². The minimum Gasteiger partial charge on any atom is -0.478 e. The average Bonchev–Trinajstić information content (AvgIpc) is 2.18. The van der Waals surface area contributed by atoms with Crippen molar-refractivity contribution in [2.24, 2.45) is 0 Å². The molecule has 16 heavy (non-hydrogen) atoms. The van der Waals surface area contributed by atoms with Crippen molar-refractivity contribution in [1.82, 2.24) is 0 Å². The Labute approximate surface area is 106 Å². The van der Waals surface area contributed by atoms with E-state index in [4.69, 9.17) is 39.9 Å². The van der Waals surface area contributed by atoms with E-state index in [-0.39, 0.29) is 10.6 Å². The van der Waals surface area contributed by atoms with Crippen LogP contribution in [-0.4, -0.2) is 11.1 Å². The molecule has 0 aromatic heterocycles. The van der Waals surface area contributed by atoms with Crippen LogP contribution in [0, 0.1) is 0 Å². The molecule has 2 rings (SSSR count). The minimum absolute atomic E-state index is 0.0396. The van der Waals surface area contributed by atoms with Gasteiger partial charge >= 0.3 is 5.97 Å². The van der Waals surface area contributed by atoms with E-state index in [9.17, 15) is 4.79 Å². The van der Waals surface area contributed by atoms with Gasteiger partial charge in [0.1, 0.15) is 0 Å². The van der Waals surface area contributed by atoms with Crippen molar-refractivity contribution >= 4 is 51.5 Å². The van der Waals surface area contributed by atoms with Crippen LogP contribution in [0.3, 0.4) is 0 Å². The van der Waals surface area contributed by atoms with Crippen LogP contribution in [0.1, 0.15) is 10.4 Å². The van der Waals surface area contributed by atoms with E-state index in [0.717, 1.165) is 0 Å². The van der Waals surface area contributed by atoms with Crippen molar-refractivity contribution in [3.8, 4) is 0 Å². The van der Waals surface area contributed by atoms with E-state index in [1.54, 1.807) is 18.2 Å². The molecule has 0 fully saturated rings. The molecule has 5 heteroatoms. The quantitative estimate of drug-likeness (QED) is 0.832. The molecule has 0 atom stereocenters. The van der Waals surface area contributed by atoms with Gasteiger partial charge in [0.05, 0.1) is 10.6 Å². The van der Waals surface area contributed by atoms with Gasteiger partial charge in [0.15, 0.2) is 0 Å². The van der Waals surface area contributed by atoms with E-state index >= 15 is 0 Å². The van der Waals surface area contributed by atoms with Crippen LogP contribution in [0.4, 0.5) is 0 Å². The number of fused-ring (bicyclic) bond motifs is 1. The highest BCUT2D eigenvalue weighted by Gasteiger charge is 2.15. The molecular weight excluding hydrogens is 270 g/mol. The van der Waals surface area contributed by atoms with Crippen LogP contribution >= 0.6 is 34.8 Å². The Morgan fingerprint density at radius 1 is 1.00 bits per heavy atom. The molecule has 0 heterocycles. The van der Waals surface area contributed by atoms with Crippen LogP contribution in [-0.2, 0) is 0 Å². The maximum atomic E-state index is 11.1. The second-order valence-corrected chi connectivity index (χ2v) is 4.46.